The smallest absolute Gasteiger partial charge is 0.0624 e. The Kier molecular flexibility index (Phi) is 4.16. The molecule has 0 aromatic rings. The molecule has 0 spiro atoms. The molecule has 3 N–H and O–H groups in total. The Labute approximate surface area is 97.1 Å². The molecule has 94 valence electrons. The molecule has 0 radical (unpaired) electrons. The van der Waals surface area contributed by atoms with E-state index in [1.54, 1.807) is 0 Å². The first-order valence-corrected chi connectivity index (χ1v) is 6.14. The van der Waals surface area contributed by atoms with Crippen LogP contribution in [0.3, 0.4) is 0 Å². The van der Waals surface area contributed by atoms with Gasteiger partial charge in [0.1, 0.15) is 0 Å². The molecule has 0 aromatic carbocycles. The van der Waals surface area contributed by atoms with Gasteiger partial charge in [0.15, 0.2) is 0 Å². The normalized spacial score (nSPS) is 33.4. The Hall–Kier alpha value is -0.200. The molecule has 2 heterocycles. The van der Waals surface area contributed by atoms with Crippen LogP contribution in [-0.2, 0) is 4.74 Å². The third-order valence-electron chi connectivity index (χ3n) is 3.62. The summed E-state index contributed by atoms with van der Waals surface area (Å²) in [6, 6.07) is 0. The third-order valence-corrected chi connectivity index (χ3v) is 3.62. The summed E-state index contributed by atoms with van der Waals surface area (Å²) in [6.07, 6.45) is 0.909. The van der Waals surface area contributed by atoms with Gasteiger partial charge in [-0.25, -0.2) is 0 Å². The van der Waals surface area contributed by atoms with E-state index in [1.165, 1.54) is 0 Å². The van der Waals surface area contributed by atoms with Gasteiger partial charge in [-0.2, -0.15) is 0 Å². The number of rotatable bonds is 4. The quantitative estimate of drug-likeness (QED) is 0.628. The summed E-state index contributed by atoms with van der Waals surface area (Å²) in [6.45, 7) is 7.89. The van der Waals surface area contributed by atoms with Crippen LogP contribution in [0.1, 0.15) is 6.42 Å². The number of nitrogens with zero attached hydrogens (tertiary/aromatic N) is 2. The molecule has 0 aliphatic carbocycles. The fourth-order valence-corrected chi connectivity index (χ4v) is 2.41. The van der Waals surface area contributed by atoms with Gasteiger partial charge < -0.3 is 20.5 Å². The first kappa shape index (κ1) is 12.3. The summed E-state index contributed by atoms with van der Waals surface area (Å²) in [7, 11) is 0. The van der Waals surface area contributed by atoms with Crippen LogP contribution in [0.5, 0.6) is 0 Å². The number of hydrogen-bond acceptors (Lipinski definition) is 5. The molecule has 0 saturated carbocycles. The molecule has 5 heteroatoms. The zero-order chi connectivity index (χ0) is 11.4. The maximum Gasteiger partial charge on any atom is 0.0624 e. The van der Waals surface area contributed by atoms with Crippen LogP contribution in [-0.4, -0.2) is 79.5 Å². The number of hydrogen-bond donors (Lipinski definition) is 2. The summed E-state index contributed by atoms with van der Waals surface area (Å²) in [5, 5.41) is 9.18. The molecule has 2 aliphatic heterocycles. The Bertz CT molecular complexity index is 221. The van der Waals surface area contributed by atoms with Crippen molar-refractivity contribution in [2.75, 3.05) is 59.1 Å². The van der Waals surface area contributed by atoms with E-state index in [2.05, 4.69) is 9.80 Å². The van der Waals surface area contributed by atoms with Gasteiger partial charge in [-0.05, 0) is 6.42 Å². The highest BCUT2D eigenvalue weighted by Gasteiger charge is 2.33. The highest BCUT2D eigenvalue weighted by molar-refractivity contribution is 4.94. The molecular formula is C11H23N3O2. The molecule has 2 saturated heterocycles. The molecule has 0 amide bonds. The van der Waals surface area contributed by atoms with Crippen molar-refractivity contribution in [1.82, 2.24) is 9.80 Å². The lowest BCUT2D eigenvalue weighted by Crippen LogP contribution is -2.47. The first-order valence-electron chi connectivity index (χ1n) is 6.14. The van der Waals surface area contributed by atoms with Crippen LogP contribution >= 0.6 is 0 Å². The highest BCUT2D eigenvalue weighted by atomic mass is 16.5. The largest absolute Gasteiger partial charge is 0.394 e. The Balaban J connectivity index is 1.67. The van der Waals surface area contributed by atoms with Crippen molar-refractivity contribution in [3.05, 3.63) is 0 Å². The van der Waals surface area contributed by atoms with Crippen molar-refractivity contribution in [3.8, 4) is 0 Å². The van der Waals surface area contributed by atoms with Crippen LogP contribution in [0.4, 0.5) is 0 Å². The molecule has 0 bridgehead atoms. The van der Waals surface area contributed by atoms with Crippen LogP contribution in [0.25, 0.3) is 0 Å². The summed E-state index contributed by atoms with van der Waals surface area (Å²) in [5.74, 6) is 0. The fraction of sp³-hybridized carbons (Fsp3) is 1.00. The molecule has 2 rings (SSSR count). The van der Waals surface area contributed by atoms with E-state index in [1.807, 2.05) is 0 Å². The average Bonchev–Trinajstić information content (AvgIpc) is 2.71. The molecule has 2 aliphatic rings. The number of likely N-dealkylation sites (tertiary alicyclic amines) is 1. The lowest BCUT2D eigenvalue weighted by Gasteiger charge is -2.29. The number of ether oxygens (including phenoxy) is 1. The second-order valence-corrected chi connectivity index (χ2v) is 5.00. The minimum absolute atomic E-state index is 0.0983. The van der Waals surface area contributed by atoms with E-state index in [0.717, 1.165) is 58.9 Å². The van der Waals surface area contributed by atoms with Crippen LogP contribution < -0.4 is 5.73 Å². The van der Waals surface area contributed by atoms with Gasteiger partial charge in [-0.15, -0.1) is 0 Å². The van der Waals surface area contributed by atoms with Gasteiger partial charge in [0.05, 0.1) is 25.4 Å². The van der Waals surface area contributed by atoms with Crippen molar-refractivity contribution < 1.29 is 9.84 Å². The molecule has 5 nitrogen and oxygen atoms in total. The lowest BCUT2D eigenvalue weighted by molar-refractivity contribution is 0.0340. The number of aliphatic hydroxyl groups excluding tert-OH is 1. The topological polar surface area (TPSA) is 62.0 Å². The van der Waals surface area contributed by atoms with Crippen molar-refractivity contribution >= 4 is 0 Å². The Morgan fingerprint density at radius 1 is 1.12 bits per heavy atom. The van der Waals surface area contributed by atoms with Crippen LogP contribution in [0.2, 0.25) is 0 Å². The summed E-state index contributed by atoms with van der Waals surface area (Å²) in [4.78, 5) is 4.78. The van der Waals surface area contributed by atoms with Crippen molar-refractivity contribution in [3.63, 3.8) is 0 Å². The zero-order valence-corrected chi connectivity index (χ0v) is 9.90. The maximum absolute atomic E-state index is 9.18. The number of nitrogens with two attached hydrogens (primary N) is 1. The van der Waals surface area contributed by atoms with Gasteiger partial charge in [0.25, 0.3) is 0 Å². The molecule has 0 aromatic heterocycles. The standard InChI is InChI=1S/C11H23N3O2/c12-11(10-15)1-2-14(9-11)4-3-13-5-7-16-8-6-13/h15H,1-10,12H2. The van der Waals surface area contributed by atoms with Gasteiger partial charge >= 0.3 is 0 Å². The SMILES string of the molecule is NC1(CO)CCN(CCN2CCOCC2)C1. The van der Waals surface area contributed by atoms with Crippen LogP contribution in [0.15, 0.2) is 0 Å². The molecule has 1 atom stereocenters. The second kappa shape index (κ2) is 5.42. The van der Waals surface area contributed by atoms with Gasteiger partial charge in [0, 0.05) is 39.3 Å². The van der Waals surface area contributed by atoms with Crippen molar-refractivity contribution in [1.29, 1.82) is 0 Å². The van der Waals surface area contributed by atoms with E-state index >= 15 is 0 Å². The maximum atomic E-state index is 9.18. The minimum Gasteiger partial charge on any atom is -0.394 e. The third kappa shape index (κ3) is 3.15. The molecule has 2 fully saturated rings. The van der Waals surface area contributed by atoms with E-state index < -0.39 is 0 Å². The van der Waals surface area contributed by atoms with Gasteiger partial charge in [0.2, 0.25) is 0 Å². The average molecular weight is 229 g/mol. The second-order valence-electron chi connectivity index (χ2n) is 5.00. The summed E-state index contributed by atoms with van der Waals surface area (Å²) in [5.41, 5.74) is 5.68. The van der Waals surface area contributed by atoms with E-state index in [0.29, 0.717) is 0 Å². The monoisotopic (exact) mass is 229 g/mol. The fourth-order valence-electron chi connectivity index (χ4n) is 2.41. The molecule has 16 heavy (non-hydrogen) atoms. The van der Waals surface area contributed by atoms with Crippen LogP contribution in [0, 0.1) is 0 Å². The van der Waals surface area contributed by atoms with Crippen molar-refractivity contribution in [2.24, 2.45) is 5.73 Å². The van der Waals surface area contributed by atoms with E-state index in [-0.39, 0.29) is 12.1 Å². The zero-order valence-electron chi connectivity index (χ0n) is 9.90. The first-order chi connectivity index (χ1) is 7.72. The predicted octanol–water partition coefficient (Wildman–Crippen LogP) is -1.29. The Morgan fingerprint density at radius 2 is 1.81 bits per heavy atom. The van der Waals surface area contributed by atoms with E-state index in [4.69, 9.17) is 10.5 Å². The van der Waals surface area contributed by atoms with Gasteiger partial charge in [-0.1, -0.05) is 0 Å². The predicted molar refractivity (Wildman–Crippen MR) is 62.3 cm³/mol. The highest BCUT2D eigenvalue weighted by Crippen LogP contribution is 2.17. The van der Waals surface area contributed by atoms with Crippen molar-refractivity contribution in [2.45, 2.75) is 12.0 Å². The summed E-state index contributed by atoms with van der Waals surface area (Å²) < 4.78 is 5.31. The minimum atomic E-state index is -0.356. The number of aliphatic hydroxyl groups is 1. The number of morpholine rings is 1. The molecule has 1 unspecified atom stereocenters. The van der Waals surface area contributed by atoms with E-state index in [9.17, 15) is 5.11 Å². The lowest BCUT2D eigenvalue weighted by atomic mass is 10.0. The summed E-state index contributed by atoms with van der Waals surface area (Å²) >= 11 is 0. The molecular weight excluding hydrogens is 206 g/mol. The van der Waals surface area contributed by atoms with Gasteiger partial charge in [-0.3, -0.25) is 4.90 Å². The Morgan fingerprint density at radius 3 is 2.44 bits per heavy atom.